The van der Waals surface area contributed by atoms with Crippen molar-refractivity contribution in [3.63, 3.8) is 0 Å². The van der Waals surface area contributed by atoms with Crippen LogP contribution in [0.2, 0.25) is 0 Å². The quantitative estimate of drug-likeness (QED) is 0.615. The molecule has 0 radical (unpaired) electrons. The summed E-state index contributed by atoms with van der Waals surface area (Å²) in [6, 6.07) is 8.36. The first-order valence-corrected chi connectivity index (χ1v) is 7.83. The zero-order chi connectivity index (χ0) is 18.4. The van der Waals surface area contributed by atoms with Crippen LogP contribution in [0.5, 0.6) is 5.75 Å². The lowest BCUT2D eigenvalue weighted by Crippen LogP contribution is -2.26. The van der Waals surface area contributed by atoms with Crippen molar-refractivity contribution in [2.45, 2.75) is 20.5 Å². The third-order valence-corrected chi connectivity index (χ3v) is 3.73. The zero-order valence-electron chi connectivity index (χ0n) is 14.5. The van der Waals surface area contributed by atoms with Gasteiger partial charge in [0.1, 0.15) is 12.4 Å². The maximum Gasteiger partial charge on any atom is 0.302 e. The number of amides is 1. The van der Waals surface area contributed by atoms with E-state index in [4.69, 9.17) is 4.74 Å². The number of carbonyl (C=O) groups is 2. The topological polar surface area (TPSA) is 83.0 Å². The largest absolute Gasteiger partial charge is 0.508 e. The molecule has 2 aromatic rings. The predicted molar refractivity (Wildman–Crippen MR) is 95.0 cm³/mol. The van der Waals surface area contributed by atoms with E-state index in [1.165, 1.54) is 11.8 Å². The van der Waals surface area contributed by atoms with Crippen LogP contribution in [0.15, 0.2) is 36.5 Å². The summed E-state index contributed by atoms with van der Waals surface area (Å²) in [6.45, 7) is 3.68. The fourth-order valence-electron chi connectivity index (χ4n) is 2.42. The van der Waals surface area contributed by atoms with Crippen LogP contribution in [-0.2, 0) is 20.9 Å². The monoisotopic (exact) mass is 343 g/mol. The van der Waals surface area contributed by atoms with Crippen molar-refractivity contribution in [3.8, 4) is 5.75 Å². The fraction of sp³-hybridized carbons (Fsp3) is 0.278. The molecule has 7 nitrogen and oxygen atoms in total. The molecule has 0 unspecified atom stereocenters. The number of ether oxygens (including phenoxy) is 1. The van der Waals surface area contributed by atoms with Gasteiger partial charge in [-0.25, -0.2) is 4.98 Å². The normalized spacial score (nSPS) is 10.2. The Morgan fingerprint density at radius 3 is 2.52 bits per heavy atom. The van der Waals surface area contributed by atoms with E-state index in [0.29, 0.717) is 23.6 Å². The molecule has 0 aliphatic carbocycles. The van der Waals surface area contributed by atoms with E-state index in [-0.39, 0.29) is 12.4 Å². The molecule has 0 saturated carbocycles. The van der Waals surface area contributed by atoms with Crippen LogP contribution in [0.4, 0.5) is 17.2 Å². The maximum atomic E-state index is 11.5. The van der Waals surface area contributed by atoms with E-state index in [1.54, 1.807) is 41.4 Å². The molecule has 1 aromatic carbocycles. The first-order chi connectivity index (χ1) is 12.0. The number of carbonyl (C=O) groups excluding carboxylic acids is 2. The van der Waals surface area contributed by atoms with Crippen molar-refractivity contribution in [1.29, 1.82) is 0 Å². The highest BCUT2D eigenvalue weighted by Gasteiger charge is 2.20. The average Bonchev–Trinajstić information content (AvgIpc) is 2.61. The molecule has 0 spiro atoms. The molecular weight excluding hydrogens is 322 g/mol. The SMILES string of the molecule is CCN(C=O)c1c(COC(C)=O)ccnc1N(C)c1ccc(O)cc1. The number of hydrogen-bond donors (Lipinski definition) is 1. The van der Waals surface area contributed by atoms with Crippen LogP contribution in [0.25, 0.3) is 0 Å². The van der Waals surface area contributed by atoms with Gasteiger partial charge in [-0.2, -0.15) is 0 Å². The van der Waals surface area contributed by atoms with Gasteiger partial charge in [0.15, 0.2) is 5.82 Å². The summed E-state index contributed by atoms with van der Waals surface area (Å²) in [7, 11) is 1.81. The Morgan fingerprint density at radius 1 is 1.28 bits per heavy atom. The minimum atomic E-state index is -0.398. The van der Waals surface area contributed by atoms with Crippen molar-refractivity contribution in [1.82, 2.24) is 4.98 Å². The second kappa shape index (κ2) is 8.14. The molecule has 0 fully saturated rings. The van der Waals surface area contributed by atoms with Crippen LogP contribution < -0.4 is 9.80 Å². The van der Waals surface area contributed by atoms with E-state index < -0.39 is 5.97 Å². The molecule has 1 N–H and O–H groups in total. The lowest BCUT2D eigenvalue weighted by Gasteiger charge is -2.27. The van der Waals surface area contributed by atoms with E-state index in [2.05, 4.69) is 4.98 Å². The van der Waals surface area contributed by atoms with Gasteiger partial charge in [0.25, 0.3) is 0 Å². The van der Waals surface area contributed by atoms with Gasteiger partial charge in [0, 0.05) is 38.0 Å². The van der Waals surface area contributed by atoms with Gasteiger partial charge in [0.2, 0.25) is 6.41 Å². The number of hydrogen-bond acceptors (Lipinski definition) is 6. The third kappa shape index (κ3) is 4.26. The van der Waals surface area contributed by atoms with Gasteiger partial charge in [0.05, 0.1) is 5.69 Å². The van der Waals surface area contributed by atoms with Gasteiger partial charge in [-0.3, -0.25) is 9.59 Å². The molecule has 0 bridgehead atoms. The Hall–Kier alpha value is -3.09. The van der Waals surface area contributed by atoms with Gasteiger partial charge in [-0.1, -0.05) is 0 Å². The maximum absolute atomic E-state index is 11.5. The molecule has 1 heterocycles. The highest BCUT2D eigenvalue weighted by Crippen LogP contribution is 2.34. The number of aromatic nitrogens is 1. The summed E-state index contributed by atoms with van der Waals surface area (Å²) in [6.07, 6.45) is 2.33. The Kier molecular flexibility index (Phi) is 5.94. The van der Waals surface area contributed by atoms with Crippen molar-refractivity contribution < 1.29 is 19.4 Å². The summed E-state index contributed by atoms with van der Waals surface area (Å²) >= 11 is 0. The van der Waals surface area contributed by atoms with E-state index >= 15 is 0 Å². The van der Waals surface area contributed by atoms with E-state index in [0.717, 1.165) is 12.1 Å². The standard InChI is InChI=1S/C18H21N3O4/c1-4-21(12-22)17-14(11-25-13(2)23)9-10-19-18(17)20(3)15-5-7-16(24)8-6-15/h5-10,12,24H,4,11H2,1-3H3. The number of nitrogens with zero attached hydrogens (tertiary/aromatic N) is 3. The smallest absolute Gasteiger partial charge is 0.302 e. The Morgan fingerprint density at radius 2 is 1.96 bits per heavy atom. The number of pyridine rings is 1. The molecule has 1 amide bonds. The lowest BCUT2D eigenvalue weighted by atomic mass is 10.2. The van der Waals surface area contributed by atoms with Crippen LogP contribution in [-0.4, -0.2) is 36.1 Å². The summed E-state index contributed by atoms with van der Waals surface area (Å²) in [5.41, 5.74) is 2.05. The second-order valence-electron chi connectivity index (χ2n) is 5.39. The predicted octanol–water partition coefficient (Wildman–Crippen LogP) is 2.60. The average molecular weight is 343 g/mol. The van der Waals surface area contributed by atoms with Gasteiger partial charge in [-0.15, -0.1) is 0 Å². The Labute approximate surface area is 146 Å². The summed E-state index contributed by atoms with van der Waals surface area (Å²) < 4.78 is 5.10. The summed E-state index contributed by atoms with van der Waals surface area (Å²) in [4.78, 5) is 30.4. The molecule has 0 aliphatic heterocycles. The molecule has 7 heteroatoms. The highest BCUT2D eigenvalue weighted by atomic mass is 16.5. The molecule has 25 heavy (non-hydrogen) atoms. The second-order valence-corrected chi connectivity index (χ2v) is 5.39. The Balaban J connectivity index is 2.51. The van der Waals surface area contributed by atoms with E-state index in [1.807, 2.05) is 14.0 Å². The number of aromatic hydroxyl groups is 1. The molecule has 2 rings (SSSR count). The number of rotatable bonds is 7. The molecular formula is C18H21N3O4. The fourth-order valence-corrected chi connectivity index (χ4v) is 2.42. The first kappa shape index (κ1) is 18.3. The Bertz CT molecular complexity index is 746. The number of benzene rings is 1. The number of anilines is 3. The van der Waals surface area contributed by atoms with E-state index in [9.17, 15) is 14.7 Å². The number of phenols is 1. The molecule has 1 aromatic heterocycles. The van der Waals surface area contributed by atoms with Crippen LogP contribution in [0, 0.1) is 0 Å². The third-order valence-electron chi connectivity index (χ3n) is 3.73. The first-order valence-electron chi connectivity index (χ1n) is 7.83. The lowest BCUT2D eigenvalue weighted by molar-refractivity contribution is -0.142. The van der Waals surface area contributed by atoms with Crippen LogP contribution >= 0.6 is 0 Å². The van der Waals surface area contributed by atoms with Crippen LogP contribution in [0.1, 0.15) is 19.4 Å². The minimum Gasteiger partial charge on any atom is -0.508 e. The summed E-state index contributed by atoms with van der Waals surface area (Å²) in [5, 5.41) is 9.46. The highest BCUT2D eigenvalue weighted by molar-refractivity contribution is 5.86. The van der Waals surface area contributed by atoms with Crippen molar-refractivity contribution in [2.24, 2.45) is 0 Å². The number of phenolic OH excluding ortho intramolecular Hbond substituents is 1. The summed E-state index contributed by atoms with van der Waals surface area (Å²) in [5.74, 6) is 0.312. The molecule has 132 valence electrons. The molecule has 0 aliphatic rings. The van der Waals surface area contributed by atoms with Gasteiger partial charge < -0.3 is 19.6 Å². The van der Waals surface area contributed by atoms with Crippen molar-refractivity contribution in [3.05, 3.63) is 42.1 Å². The van der Waals surface area contributed by atoms with Crippen molar-refractivity contribution in [2.75, 3.05) is 23.4 Å². The number of esters is 1. The minimum absolute atomic E-state index is 0.0495. The van der Waals surface area contributed by atoms with Crippen LogP contribution in [0.3, 0.4) is 0 Å². The van der Waals surface area contributed by atoms with Gasteiger partial charge in [-0.05, 0) is 37.3 Å². The molecule has 0 atom stereocenters. The molecule has 0 saturated heterocycles. The van der Waals surface area contributed by atoms with Crippen molar-refractivity contribution >= 4 is 29.6 Å². The zero-order valence-corrected chi connectivity index (χ0v) is 14.5. The van der Waals surface area contributed by atoms with Gasteiger partial charge >= 0.3 is 5.97 Å².